The molecule has 7 heteroatoms. The number of benzene rings is 2. The van der Waals surface area contributed by atoms with Crippen molar-refractivity contribution in [1.82, 2.24) is 5.16 Å². The van der Waals surface area contributed by atoms with Gasteiger partial charge in [0.2, 0.25) is 0 Å². The molecule has 1 aromatic heterocycles. The molecule has 164 valence electrons. The molecule has 32 heavy (non-hydrogen) atoms. The number of aromatic nitrogens is 1. The zero-order valence-electron chi connectivity index (χ0n) is 18.3. The molecule has 0 bridgehead atoms. The zero-order valence-corrected chi connectivity index (χ0v) is 18.3. The van der Waals surface area contributed by atoms with Crippen LogP contribution in [0.4, 0.5) is 5.82 Å². The Balaban J connectivity index is 1.48. The lowest BCUT2D eigenvalue weighted by Crippen LogP contribution is -2.13. The van der Waals surface area contributed by atoms with Crippen molar-refractivity contribution in [2.24, 2.45) is 0 Å². The quantitative estimate of drug-likeness (QED) is 0.291. The topological polar surface area (TPSA) is 97.4 Å². The summed E-state index contributed by atoms with van der Waals surface area (Å²) < 4.78 is 16.5. The van der Waals surface area contributed by atoms with E-state index in [2.05, 4.69) is 23.5 Å². The van der Waals surface area contributed by atoms with Crippen LogP contribution in [0.1, 0.15) is 28.9 Å². The van der Waals surface area contributed by atoms with Gasteiger partial charge in [0.25, 0.3) is 5.91 Å². The fraction of sp³-hybridized carbons (Fsp3) is 0.240. The maximum Gasteiger partial charge on any atom is 0.267 e. The molecule has 3 aromatic rings. The van der Waals surface area contributed by atoms with Crippen LogP contribution in [-0.4, -0.2) is 24.3 Å². The molecule has 0 saturated carbocycles. The molecule has 0 aliphatic heterocycles. The van der Waals surface area contributed by atoms with Crippen molar-refractivity contribution in [3.05, 3.63) is 76.6 Å². The molecule has 2 aromatic carbocycles. The molecule has 1 N–H and O–H groups in total. The number of nitrogens with zero attached hydrogens (tertiary/aromatic N) is 2. The Bertz CT molecular complexity index is 1140. The molecule has 0 spiro atoms. The molecule has 1 heterocycles. The van der Waals surface area contributed by atoms with Gasteiger partial charge >= 0.3 is 0 Å². The molecule has 0 aliphatic rings. The van der Waals surface area contributed by atoms with E-state index >= 15 is 0 Å². The minimum atomic E-state index is -0.551. The van der Waals surface area contributed by atoms with Crippen molar-refractivity contribution >= 4 is 17.8 Å². The monoisotopic (exact) mass is 431 g/mol. The first-order valence-electron chi connectivity index (χ1n) is 10.2. The molecule has 0 saturated heterocycles. The summed E-state index contributed by atoms with van der Waals surface area (Å²) in [5.74, 6) is 1.88. The van der Waals surface area contributed by atoms with E-state index in [0.717, 1.165) is 17.7 Å². The Hall–Kier alpha value is -4.05. The van der Waals surface area contributed by atoms with E-state index in [0.29, 0.717) is 30.3 Å². The van der Waals surface area contributed by atoms with Crippen LogP contribution in [0.3, 0.4) is 0 Å². The highest BCUT2D eigenvalue weighted by Gasteiger charge is 2.12. The summed E-state index contributed by atoms with van der Waals surface area (Å²) in [5, 5.41) is 15.5. The van der Waals surface area contributed by atoms with Crippen molar-refractivity contribution in [2.45, 2.75) is 27.2 Å². The number of rotatable bonds is 9. The van der Waals surface area contributed by atoms with E-state index in [4.69, 9.17) is 14.0 Å². The number of carbonyl (C=O) groups excluding carboxylic acids is 1. The summed E-state index contributed by atoms with van der Waals surface area (Å²) in [5.41, 5.74) is 3.03. The normalized spacial score (nSPS) is 11.0. The number of nitriles is 1. The van der Waals surface area contributed by atoms with Crippen LogP contribution in [0.2, 0.25) is 0 Å². The van der Waals surface area contributed by atoms with Crippen molar-refractivity contribution < 1.29 is 18.8 Å². The molecular formula is C25H25N3O4. The predicted octanol–water partition coefficient (Wildman–Crippen LogP) is 4.99. The SMILES string of the molecule is Cc1cc(NC(=O)C(C#N)=Cc2ccc(OCCCOc3cccc(C)c3C)cc2)no1. The fourth-order valence-corrected chi connectivity index (χ4v) is 2.90. The molecule has 0 radical (unpaired) electrons. The Labute approximate surface area is 187 Å². The van der Waals surface area contributed by atoms with Crippen molar-refractivity contribution in [1.29, 1.82) is 5.26 Å². The maximum atomic E-state index is 12.2. The Morgan fingerprint density at radius 3 is 2.56 bits per heavy atom. The third kappa shape index (κ3) is 6.22. The van der Waals surface area contributed by atoms with Gasteiger partial charge in [-0.3, -0.25) is 4.79 Å². The van der Waals surface area contributed by atoms with Crippen molar-refractivity contribution in [2.75, 3.05) is 18.5 Å². The first kappa shape index (κ1) is 22.6. The van der Waals surface area contributed by atoms with Crippen LogP contribution in [0.5, 0.6) is 11.5 Å². The third-order valence-electron chi connectivity index (χ3n) is 4.80. The van der Waals surface area contributed by atoms with E-state index in [1.54, 1.807) is 37.3 Å². The summed E-state index contributed by atoms with van der Waals surface area (Å²) >= 11 is 0. The summed E-state index contributed by atoms with van der Waals surface area (Å²) in [6, 6.07) is 16.7. The Morgan fingerprint density at radius 1 is 1.12 bits per heavy atom. The highest BCUT2D eigenvalue weighted by atomic mass is 16.5. The van der Waals surface area contributed by atoms with E-state index < -0.39 is 5.91 Å². The molecular weight excluding hydrogens is 406 g/mol. The van der Waals surface area contributed by atoms with Gasteiger partial charge in [-0.25, -0.2) is 0 Å². The van der Waals surface area contributed by atoms with Crippen molar-refractivity contribution in [3.8, 4) is 17.6 Å². The first-order chi connectivity index (χ1) is 15.5. The number of hydrogen-bond donors (Lipinski definition) is 1. The summed E-state index contributed by atoms with van der Waals surface area (Å²) in [6.07, 6.45) is 2.25. The van der Waals surface area contributed by atoms with Gasteiger partial charge in [0.05, 0.1) is 13.2 Å². The number of anilines is 1. The Morgan fingerprint density at radius 2 is 1.88 bits per heavy atom. The van der Waals surface area contributed by atoms with Gasteiger partial charge in [-0.2, -0.15) is 5.26 Å². The lowest BCUT2D eigenvalue weighted by atomic mass is 10.1. The highest BCUT2D eigenvalue weighted by molar-refractivity contribution is 6.09. The molecule has 0 unspecified atom stereocenters. The van der Waals surface area contributed by atoms with Gasteiger partial charge in [-0.05, 0) is 61.7 Å². The second-order valence-electron chi connectivity index (χ2n) is 7.26. The van der Waals surface area contributed by atoms with Crippen molar-refractivity contribution in [3.63, 3.8) is 0 Å². The van der Waals surface area contributed by atoms with Gasteiger partial charge < -0.3 is 19.3 Å². The molecule has 7 nitrogen and oxygen atoms in total. The molecule has 3 rings (SSSR count). The van der Waals surface area contributed by atoms with Crippen LogP contribution in [-0.2, 0) is 4.79 Å². The van der Waals surface area contributed by atoms with Gasteiger partial charge in [-0.15, -0.1) is 0 Å². The van der Waals surface area contributed by atoms with Gasteiger partial charge in [0, 0.05) is 12.5 Å². The highest BCUT2D eigenvalue weighted by Crippen LogP contribution is 2.21. The predicted molar refractivity (Wildman–Crippen MR) is 121 cm³/mol. The standard InChI is InChI=1S/C25H25N3O4/c1-17-6-4-7-23(19(17)3)31-13-5-12-30-22-10-8-20(9-11-22)15-21(16-26)25(29)27-24-14-18(2)32-28-24/h4,6-11,14-15H,5,12-13H2,1-3H3,(H,27,28,29). The number of amides is 1. The number of carbonyl (C=O) groups is 1. The fourth-order valence-electron chi connectivity index (χ4n) is 2.90. The van der Waals surface area contributed by atoms with E-state index in [-0.39, 0.29) is 11.4 Å². The number of ether oxygens (including phenoxy) is 2. The first-order valence-corrected chi connectivity index (χ1v) is 10.2. The average molecular weight is 431 g/mol. The minimum Gasteiger partial charge on any atom is -0.493 e. The largest absolute Gasteiger partial charge is 0.493 e. The van der Waals surface area contributed by atoms with Crippen LogP contribution < -0.4 is 14.8 Å². The van der Waals surface area contributed by atoms with Crippen LogP contribution >= 0.6 is 0 Å². The molecule has 0 aliphatic carbocycles. The summed E-state index contributed by atoms with van der Waals surface area (Å²) in [6.45, 7) is 6.91. The molecule has 1 amide bonds. The van der Waals surface area contributed by atoms with Gasteiger partial charge in [-0.1, -0.05) is 29.4 Å². The summed E-state index contributed by atoms with van der Waals surface area (Å²) in [7, 11) is 0. The van der Waals surface area contributed by atoms with E-state index in [1.807, 2.05) is 25.1 Å². The van der Waals surface area contributed by atoms with E-state index in [9.17, 15) is 10.1 Å². The number of hydrogen-bond acceptors (Lipinski definition) is 6. The Kier molecular flexibility index (Phi) is 7.65. The summed E-state index contributed by atoms with van der Waals surface area (Å²) in [4.78, 5) is 12.2. The number of nitrogens with one attached hydrogen (secondary N) is 1. The third-order valence-corrected chi connectivity index (χ3v) is 4.80. The number of aryl methyl sites for hydroxylation is 2. The molecule has 0 fully saturated rings. The minimum absolute atomic E-state index is 0.0390. The maximum absolute atomic E-state index is 12.2. The smallest absolute Gasteiger partial charge is 0.267 e. The average Bonchev–Trinajstić information content (AvgIpc) is 3.19. The second kappa shape index (κ2) is 10.8. The van der Waals surface area contributed by atoms with Crippen LogP contribution in [0, 0.1) is 32.1 Å². The zero-order chi connectivity index (χ0) is 22.9. The molecule has 0 atom stereocenters. The van der Waals surface area contributed by atoms with E-state index in [1.165, 1.54) is 11.6 Å². The van der Waals surface area contributed by atoms with Crippen LogP contribution in [0.15, 0.2) is 58.6 Å². The second-order valence-corrected chi connectivity index (χ2v) is 7.26. The lowest BCUT2D eigenvalue weighted by Gasteiger charge is -2.11. The lowest BCUT2D eigenvalue weighted by molar-refractivity contribution is -0.112. The van der Waals surface area contributed by atoms with Gasteiger partial charge in [0.1, 0.15) is 28.9 Å². The van der Waals surface area contributed by atoms with Crippen LogP contribution in [0.25, 0.3) is 6.08 Å². The van der Waals surface area contributed by atoms with Gasteiger partial charge in [0.15, 0.2) is 5.82 Å².